The van der Waals surface area contributed by atoms with Crippen molar-refractivity contribution >= 4 is 5.91 Å². The number of piperidine rings is 1. The lowest BCUT2D eigenvalue weighted by Gasteiger charge is -2.37. The molecular weight excluding hydrogens is 269 g/mol. The highest BCUT2D eigenvalue weighted by Crippen LogP contribution is 2.49. The van der Waals surface area contributed by atoms with Crippen LogP contribution in [0.3, 0.4) is 0 Å². The minimum Gasteiger partial charge on any atom is -0.396 e. The fraction of sp³-hybridized carbons (Fsp3) is 0.588. The Kier molecular flexibility index (Phi) is 3.98. The van der Waals surface area contributed by atoms with E-state index in [2.05, 4.69) is 6.92 Å². The lowest BCUT2D eigenvalue weighted by Crippen LogP contribution is -2.47. The summed E-state index contributed by atoms with van der Waals surface area (Å²) >= 11 is 0. The van der Waals surface area contributed by atoms with Crippen molar-refractivity contribution in [1.29, 1.82) is 0 Å². The van der Waals surface area contributed by atoms with Crippen molar-refractivity contribution in [3.63, 3.8) is 0 Å². The smallest absolute Gasteiger partial charge is 0.226 e. The summed E-state index contributed by atoms with van der Waals surface area (Å²) in [5.41, 5.74) is 0.928. The summed E-state index contributed by atoms with van der Waals surface area (Å²) in [6.07, 6.45) is 2.75. The van der Waals surface area contributed by atoms with Crippen molar-refractivity contribution in [2.24, 2.45) is 11.8 Å². The largest absolute Gasteiger partial charge is 0.396 e. The van der Waals surface area contributed by atoms with Crippen LogP contribution in [0, 0.1) is 17.7 Å². The van der Waals surface area contributed by atoms with Crippen LogP contribution < -0.4 is 0 Å². The molecule has 2 aliphatic rings. The predicted molar refractivity (Wildman–Crippen MR) is 78.2 cm³/mol. The molecule has 0 bridgehead atoms. The summed E-state index contributed by atoms with van der Waals surface area (Å²) in [4.78, 5) is 14.6. The number of carbonyl (C=O) groups excluding carboxylic acids is 1. The molecule has 0 aromatic heterocycles. The van der Waals surface area contributed by atoms with E-state index in [4.69, 9.17) is 0 Å². The molecule has 4 atom stereocenters. The maximum atomic E-state index is 13.3. The molecule has 1 amide bonds. The molecule has 2 fully saturated rings. The van der Waals surface area contributed by atoms with Crippen molar-refractivity contribution in [3.05, 3.63) is 35.6 Å². The average Bonchev–Trinajstić information content (AvgIpc) is 3.27. The van der Waals surface area contributed by atoms with Gasteiger partial charge in [0.1, 0.15) is 5.82 Å². The molecular formula is C17H22FNO2. The zero-order valence-corrected chi connectivity index (χ0v) is 12.3. The Labute approximate surface area is 124 Å². The van der Waals surface area contributed by atoms with Gasteiger partial charge in [-0.25, -0.2) is 4.39 Å². The highest BCUT2D eigenvalue weighted by Gasteiger charge is 2.47. The van der Waals surface area contributed by atoms with Gasteiger partial charge in [0, 0.05) is 25.1 Å². The average molecular weight is 291 g/mol. The van der Waals surface area contributed by atoms with E-state index in [0.29, 0.717) is 6.54 Å². The van der Waals surface area contributed by atoms with E-state index in [-0.39, 0.29) is 42.1 Å². The number of hydrogen-bond donors (Lipinski definition) is 1. The van der Waals surface area contributed by atoms with E-state index < -0.39 is 0 Å². The van der Waals surface area contributed by atoms with E-state index in [1.54, 1.807) is 6.07 Å². The molecule has 4 unspecified atom stereocenters. The normalized spacial score (nSPS) is 32.0. The fourth-order valence-electron chi connectivity index (χ4n) is 3.42. The first-order chi connectivity index (χ1) is 10.1. The van der Waals surface area contributed by atoms with Crippen LogP contribution in [0.2, 0.25) is 0 Å². The van der Waals surface area contributed by atoms with E-state index in [9.17, 15) is 14.3 Å². The quantitative estimate of drug-likeness (QED) is 0.929. The Bertz CT molecular complexity index is 533. The maximum Gasteiger partial charge on any atom is 0.226 e. The van der Waals surface area contributed by atoms with Crippen molar-refractivity contribution in [3.8, 4) is 0 Å². The maximum absolute atomic E-state index is 13.3. The van der Waals surface area contributed by atoms with Gasteiger partial charge in [-0.15, -0.1) is 0 Å². The molecule has 0 radical (unpaired) electrons. The van der Waals surface area contributed by atoms with Crippen molar-refractivity contribution in [1.82, 2.24) is 4.90 Å². The molecule has 1 aromatic carbocycles. The standard InChI is InChI=1S/C17H22FNO2/c1-11-5-6-12(10-20)9-19(11)17(21)16-8-15(16)13-3-2-4-14(18)7-13/h2-4,7,11-12,15-16,20H,5-6,8-10H2,1H3. The molecule has 1 N–H and O–H groups in total. The SMILES string of the molecule is CC1CCC(CO)CN1C(=O)C1CC1c1cccc(F)c1. The highest BCUT2D eigenvalue weighted by atomic mass is 19.1. The lowest BCUT2D eigenvalue weighted by molar-refractivity contribution is -0.137. The van der Waals surface area contributed by atoms with E-state index in [0.717, 1.165) is 24.8 Å². The molecule has 3 nitrogen and oxygen atoms in total. The Morgan fingerprint density at radius 3 is 2.95 bits per heavy atom. The van der Waals surface area contributed by atoms with Gasteiger partial charge in [-0.1, -0.05) is 12.1 Å². The number of aliphatic hydroxyl groups excluding tert-OH is 1. The Balaban J connectivity index is 1.67. The second kappa shape index (κ2) is 5.76. The first kappa shape index (κ1) is 14.5. The van der Waals surface area contributed by atoms with Crippen molar-refractivity contribution in [2.75, 3.05) is 13.2 Å². The van der Waals surface area contributed by atoms with Gasteiger partial charge in [0.05, 0.1) is 0 Å². The summed E-state index contributed by atoms with van der Waals surface area (Å²) in [5, 5.41) is 9.31. The third-order valence-corrected chi connectivity index (χ3v) is 4.91. The number of benzene rings is 1. The minimum atomic E-state index is -0.239. The lowest BCUT2D eigenvalue weighted by atomic mass is 9.93. The molecule has 114 valence electrons. The third kappa shape index (κ3) is 2.95. The number of rotatable bonds is 3. The minimum absolute atomic E-state index is 0.00769. The van der Waals surface area contributed by atoms with Crippen LogP contribution in [0.25, 0.3) is 0 Å². The van der Waals surface area contributed by atoms with E-state index in [1.807, 2.05) is 11.0 Å². The van der Waals surface area contributed by atoms with Gasteiger partial charge in [-0.2, -0.15) is 0 Å². The molecule has 1 aromatic rings. The van der Waals surface area contributed by atoms with Crippen molar-refractivity contribution in [2.45, 2.75) is 38.1 Å². The summed E-state index contributed by atoms with van der Waals surface area (Å²) in [5.74, 6) is 0.297. The predicted octanol–water partition coefficient (Wildman–Crippen LogP) is 2.55. The van der Waals surface area contributed by atoms with Crippen LogP contribution in [-0.4, -0.2) is 35.1 Å². The van der Waals surface area contributed by atoms with Gasteiger partial charge < -0.3 is 10.0 Å². The highest BCUT2D eigenvalue weighted by molar-refractivity contribution is 5.83. The van der Waals surface area contributed by atoms with Crippen LogP contribution in [0.15, 0.2) is 24.3 Å². The Hall–Kier alpha value is -1.42. The summed E-state index contributed by atoms with van der Waals surface area (Å²) in [6, 6.07) is 6.82. The fourth-order valence-corrected chi connectivity index (χ4v) is 3.42. The van der Waals surface area contributed by atoms with Crippen LogP contribution in [-0.2, 0) is 4.79 Å². The number of carbonyl (C=O) groups is 1. The molecule has 1 saturated carbocycles. The van der Waals surface area contributed by atoms with Gasteiger partial charge in [0.15, 0.2) is 0 Å². The van der Waals surface area contributed by atoms with Gasteiger partial charge >= 0.3 is 0 Å². The van der Waals surface area contributed by atoms with Crippen LogP contribution >= 0.6 is 0 Å². The van der Waals surface area contributed by atoms with E-state index in [1.165, 1.54) is 12.1 Å². The molecule has 21 heavy (non-hydrogen) atoms. The molecule has 1 heterocycles. The molecule has 1 aliphatic carbocycles. The zero-order chi connectivity index (χ0) is 15.0. The number of halogens is 1. The van der Waals surface area contributed by atoms with Crippen LogP contribution in [0.4, 0.5) is 4.39 Å². The molecule has 3 rings (SSSR count). The summed E-state index contributed by atoms with van der Waals surface area (Å²) < 4.78 is 13.3. The second-order valence-corrected chi connectivity index (χ2v) is 6.47. The monoisotopic (exact) mass is 291 g/mol. The van der Waals surface area contributed by atoms with Crippen molar-refractivity contribution < 1.29 is 14.3 Å². The topological polar surface area (TPSA) is 40.5 Å². The first-order valence-corrected chi connectivity index (χ1v) is 7.77. The summed E-state index contributed by atoms with van der Waals surface area (Å²) in [7, 11) is 0. The van der Waals surface area contributed by atoms with Crippen LogP contribution in [0.5, 0.6) is 0 Å². The number of aliphatic hydroxyl groups is 1. The Morgan fingerprint density at radius 1 is 1.43 bits per heavy atom. The zero-order valence-electron chi connectivity index (χ0n) is 12.3. The van der Waals surface area contributed by atoms with Gasteiger partial charge in [0.2, 0.25) is 5.91 Å². The number of nitrogens with zero attached hydrogens (tertiary/aromatic N) is 1. The summed E-state index contributed by atoms with van der Waals surface area (Å²) in [6.45, 7) is 2.88. The molecule has 1 saturated heterocycles. The van der Waals surface area contributed by atoms with E-state index >= 15 is 0 Å². The third-order valence-electron chi connectivity index (χ3n) is 4.91. The molecule has 4 heteroatoms. The second-order valence-electron chi connectivity index (χ2n) is 6.47. The number of hydrogen-bond acceptors (Lipinski definition) is 2. The van der Waals surface area contributed by atoms with Gasteiger partial charge in [0.25, 0.3) is 0 Å². The van der Waals surface area contributed by atoms with Gasteiger partial charge in [-0.05, 0) is 55.7 Å². The van der Waals surface area contributed by atoms with Crippen LogP contribution in [0.1, 0.15) is 37.7 Å². The molecule has 0 spiro atoms. The number of amides is 1. The van der Waals surface area contributed by atoms with Gasteiger partial charge in [-0.3, -0.25) is 4.79 Å². The number of likely N-dealkylation sites (tertiary alicyclic amines) is 1. The first-order valence-electron chi connectivity index (χ1n) is 7.77. The molecule has 1 aliphatic heterocycles. The Morgan fingerprint density at radius 2 is 2.24 bits per heavy atom.